The summed E-state index contributed by atoms with van der Waals surface area (Å²) in [7, 11) is 0. The molecule has 18 heavy (non-hydrogen) atoms. The zero-order valence-electron chi connectivity index (χ0n) is 10.3. The van der Waals surface area contributed by atoms with E-state index in [-0.39, 0.29) is 5.82 Å². The number of halogens is 2. The van der Waals surface area contributed by atoms with Gasteiger partial charge >= 0.3 is 0 Å². The lowest BCUT2D eigenvalue weighted by Crippen LogP contribution is -2.22. The Balaban J connectivity index is 2.16. The van der Waals surface area contributed by atoms with Crippen molar-refractivity contribution in [2.45, 2.75) is 26.4 Å². The van der Waals surface area contributed by atoms with Crippen LogP contribution in [0, 0.1) is 5.82 Å². The average Bonchev–Trinajstić information content (AvgIpc) is 2.79. The summed E-state index contributed by atoms with van der Waals surface area (Å²) < 4.78 is 13.6. The van der Waals surface area contributed by atoms with Crippen molar-refractivity contribution in [3.05, 3.63) is 40.5 Å². The highest BCUT2D eigenvalue weighted by atomic mass is 79.9. The molecule has 1 heterocycles. The third kappa shape index (κ3) is 3.17. The molecule has 0 amide bonds. The monoisotopic (exact) mass is 311 g/mol. The molecular weight excluding hydrogens is 297 g/mol. The maximum atomic E-state index is 13.1. The van der Waals surface area contributed by atoms with Gasteiger partial charge < -0.3 is 10.3 Å². The minimum absolute atomic E-state index is 0.264. The Labute approximate surface area is 114 Å². The lowest BCUT2D eigenvalue weighted by molar-refractivity contribution is 0.575. The normalized spacial score (nSPS) is 11.2. The smallest absolute Gasteiger partial charge is 0.137 e. The first kappa shape index (κ1) is 13.2. The van der Waals surface area contributed by atoms with Gasteiger partial charge in [0.05, 0.1) is 22.9 Å². The molecule has 3 nitrogen and oxygen atoms in total. The van der Waals surface area contributed by atoms with Crippen LogP contribution in [0.15, 0.2) is 28.9 Å². The number of H-pyrrole nitrogens is 1. The van der Waals surface area contributed by atoms with Gasteiger partial charge in [0.15, 0.2) is 0 Å². The molecule has 1 aromatic carbocycles. The topological polar surface area (TPSA) is 40.7 Å². The van der Waals surface area contributed by atoms with Crippen LogP contribution in [0.1, 0.15) is 19.7 Å². The van der Waals surface area contributed by atoms with E-state index in [0.29, 0.717) is 17.1 Å². The van der Waals surface area contributed by atoms with Gasteiger partial charge in [0.25, 0.3) is 0 Å². The molecule has 2 aromatic rings. The molecule has 0 aliphatic carbocycles. The van der Waals surface area contributed by atoms with Crippen LogP contribution in [0.3, 0.4) is 0 Å². The molecule has 5 heteroatoms. The van der Waals surface area contributed by atoms with Crippen LogP contribution in [-0.2, 0) is 6.54 Å². The zero-order valence-corrected chi connectivity index (χ0v) is 11.9. The Morgan fingerprint density at radius 3 is 2.89 bits per heavy atom. The van der Waals surface area contributed by atoms with E-state index in [4.69, 9.17) is 0 Å². The second-order valence-electron chi connectivity index (χ2n) is 4.41. The van der Waals surface area contributed by atoms with Gasteiger partial charge in [-0.25, -0.2) is 9.37 Å². The number of benzene rings is 1. The maximum Gasteiger partial charge on any atom is 0.137 e. The molecule has 0 aliphatic heterocycles. The summed E-state index contributed by atoms with van der Waals surface area (Å²) in [5, 5.41) is 3.28. The number of nitrogens with one attached hydrogen (secondary N) is 2. The zero-order chi connectivity index (χ0) is 13.1. The first-order valence-corrected chi connectivity index (χ1v) is 6.58. The van der Waals surface area contributed by atoms with Crippen LogP contribution < -0.4 is 5.32 Å². The van der Waals surface area contributed by atoms with Crippen molar-refractivity contribution >= 4 is 15.9 Å². The van der Waals surface area contributed by atoms with E-state index in [1.54, 1.807) is 18.3 Å². The van der Waals surface area contributed by atoms with E-state index in [2.05, 4.69) is 45.1 Å². The van der Waals surface area contributed by atoms with Crippen molar-refractivity contribution in [2.75, 3.05) is 0 Å². The summed E-state index contributed by atoms with van der Waals surface area (Å²) in [6.45, 7) is 4.86. The second-order valence-corrected chi connectivity index (χ2v) is 5.26. The number of aromatic amines is 1. The molecule has 1 aromatic heterocycles. The molecule has 0 saturated carbocycles. The second kappa shape index (κ2) is 5.63. The standard InChI is InChI=1S/C13H15BrFN3/c1-8(2)16-7-13-17-6-12(18-13)9-3-4-11(15)10(14)5-9/h3-6,8,16H,7H2,1-2H3,(H,17,18). The van der Waals surface area contributed by atoms with Gasteiger partial charge in [0.2, 0.25) is 0 Å². The highest BCUT2D eigenvalue weighted by molar-refractivity contribution is 9.10. The number of nitrogens with zero attached hydrogens (tertiary/aromatic N) is 1. The molecule has 0 aliphatic rings. The van der Waals surface area contributed by atoms with Gasteiger partial charge in [-0.1, -0.05) is 13.8 Å². The minimum Gasteiger partial charge on any atom is -0.341 e. The van der Waals surface area contributed by atoms with Gasteiger partial charge in [-0.3, -0.25) is 0 Å². The van der Waals surface area contributed by atoms with Gasteiger partial charge in [-0.2, -0.15) is 0 Å². The van der Waals surface area contributed by atoms with E-state index < -0.39 is 0 Å². The summed E-state index contributed by atoms with van der Waals surface area (Å²) in [6.07, 6.45) is 1.76. The van der Waals surface area contributed by atoms with Gasteiger partial charge in [0, 0.05) is 11.6 Å². The van der Waals surface area contributed by atoms with Crippen molar-refractivity contribution in [2.24, 2.45) is 0 Å². The van der Waals surface area contributed by atoms with Crippen molar-refractivity contribution < 1.29 is 4.39 Å². The Morgan fingerprint density at radius 1 is 1.44 bits per heavy atom. The van der Waals surface area contributed by atoms with E-state index >= 15 is 0 Å². The number of imidazole rings is 1. The molecular formula is C13H15BrFN3. The fraction of sp³-hybridized carbons (Fsp3) is 0.308. The van der Waals surface area contributed by atoms with Crippen molar-refractivity contribution in [1.82, 2.24) is 15.3 Å². The molecule has 2 rings (SSSR count). The molecule has 96 valence electrons. The largest absolute Gasteiger partial charge is 0.341 e. The van der Waals surface area contributed by atoms with Gasteiger partial charge in [0.1, 0.15) is 11.6 Å². The van der Waals surface area contributed by atoms with Crippen LogP contribution >= 0.6 is 15.9 Å². The molecule has 0 radical (unpaired) electrons. The minimum atomic E-state index is -0.264. The SMILES string of the molecule is CC(C)NCc1ncc(-c2ccc(F)c(Br)c2)[nH]1. The Morgan fingerprint density at radius 2 is 2.22 bits per heavy atom. The third-order valence-electron chi connectivity index (χ3n) is 2.54. The van der Waals surface area contributed by atoms with Crippen molar-refractivity contribution in [1.29, 1.82) is 0 Å². The lowest BCUT2D eigenvalue weighted by atomic mass is 10.2. The van der Waals surface area contributed by atoms with Crippen LogP contribution in [0.5, 0.6) is 0 Å². The first-order valence-electron chi connectivity index (χ1n) is 5.79. The van der Waals surface area contributed by atoms with Crippen molar-refractivity contribution in [3.63, 3.8) is 0 Å². The highest BCUT2D eigenvalue weighted by Gasteiger charge is 2.06. The van der Waals surface area contributed by atoms with Crippen molar-refractivity contribution in [3.8, 4) is 11.3 Å². The highest BCUT2D eigenvalue weighted by Crippen LogP contribution is 2.23. The quantitative estimate of drug-likeness (QED) is 0.907. The average molecular weight is 312 g/mol. The molecule has 0 spiro atoms. The Bertz CT molecular complexity index is 537. The maximum absolute atomic E-state index is 13.1. The number of hydrogen-bond acceptors (Lipinski definition) is 2. The molecule has 0 bridgehead atoms. The fourth-order valence-corrected chi connectivity index (χ4v) is 1.94. The van der Waals surface area contributed by atoms with E-state index in [0.717, 1.165) is 17.1 Å². The van der Waals surface area contributed by atoms with E-state index in [1.807, 2.05) is 0 Å². The third-order valence-corrected chi connectivity index (χ3v) is 3.14. The van der Waals surface area contributed by atoms with Crippen LogP contribution in [0.2, 0.25) is 0 Å². The molecule has 0 unspecified atom stereocenters. The van der Waals surface area contributed by atoms with Gasteiger partial charge in [-0.15, -0.1) is 0 Å². The molecule has 0 saturated heterocycles. The summed E-state index contributed by atoms with van der Waals surface area (Å²) in [5.41, 5.74) is 1.79. The predicted octanol–water partition coefficient (Wildman–Crippen LogP) is 3.48. The molecule has 2 N–H and O–H groups in total. The number of hydrogen-bond donors (Lipinski definition) is 2. The summed E-state index contributed by atoms with van der Waals surface area (Å²) >= 11 is 3.18. The molecule has 0 fully saturated rings. The fourth-order valence-electron chi connectivity index (χ4n) is 1.56. The van der Waals surface area contributed by atoms with E-state index in [9.17, 15) is 4.39 Å². The Kier molecular flexibility index (Phi) is 4.14. The summed E-state index contributed by atoms with van der Waals surface area (Å²) in [6, 6.07) is 5.32. The van der Waals surface area contributed by atoms with Crippen LogP contribution in [0.4, 0.5) is 4.39 Å². The van der Waals surface area contributed by atoms with E-state index in [1.165, 1.54) is 6.07 Å². The number of rotatable bonds is 4. The summed E-state index contributed by atoms with van der Waals surface area (Å²) in [4.78, 5) is 7.50. The lowest BCUT2D eigenvalue weighted by Gasteiger charge is -2.05. The first-order chi connectivity index (χ1) is 8.56. The van der Waals surface area contributed by atoms with Crippen LogP contribution in [-0.4, -0.2) is 16.0 Å². The summed E-state index contributed by atoms with van der Waals surface area (Å²) in [5.74, 6) is 0.610. The van der Waals surface area contributed by atoms with Gasteiger partial charge in [-0.05, 0) is 34.1 Å². The Hall–Kier alpha value is -1.20. The number of aromatic nitrogens is 2. The van der Waals surface area contributed by atoms with Crippen LogP contribution in [0.25, 0.3) is 11.3 Å². The predicted molar refractivity (Wildman–Crippen MR) is 73.7 cm³/mol. The molecule has 0 atom stereocenters.